The number of benzene rings is 2. The maximum absolute atomic E-state index is 13.0. The maximum atomic E-state index is 13.0. The monoisotopic (exact) mass is 359 g/mol. The van der Waals surface area contributed by atoms with Crippen molar-refractivity contribution >= 4 is 10.0 Å². The fraction of sp³-hybridized carbons (Fsp3) is 0.368. The fourth-order valence-electron chi connectivity index (χ4n) is 3.32. The molecule has 0 bridgehead atoms. The van der Waals surface area contributed by atoms with E-state index in [1.165, 1.54) is 0 Å². The van der Waals surface area contributed by atoms with Crippen molar-refractivity contribution in [3.63, 3.8) is 0 Å². The average molecular weight is 359 g/mol. The molecule has 0 atom stereocenters. The van der Waals surface area contributed by atoms with E-state index in [0.29, 0.717) is 43.4 Å². The summed E-state index contributed by atoms with van der Waals surface area (Å²) in [6, 6.07) is 11.0. The summed E-state index contributed by atoms with van der Waals surface area (Å²) < 4.78 is 39.0. The van der Waals surface area contributed by atoms with Gasteiger partial charge in [-0.25, -0.2) is 8.42 Å². The van der Waals surface area contributed by atoms with Gasteiger partial charge in [0, 0.05) is 19.5 Å². The van der Waals surface area contributed by atoms with Crippen LogP contribution in [0.4, 0.5) is 0 Å². The third kappa shape index (κ3) is 3.12. The molecule has 0 aromatic heterocycles. The number of rotatable bonds is 2. The second-order valence-electron chi connectivity index (χ2n) is 6.52. The molecule has 0 saturated carbocycles. The van der Waals surface area contributed by atoms with Gasteiger partial charge in [0.05, 0.1) is 18.1 Å². The highest BCUT2D eigenvalue weighted by molar-refractivity contribution is 7.89. The van der Waals surface area contributed by atoms with E-state index in [4.69, 9.17) is 9.47 Å². The molecule has 0 aliphatic carbocycles. The molecule has 0 saturated heterocycles. The SMILES string of the molecule is Cc1cccc(S(=O)(=O)N2CCc3cc4c(cc3C2)OCCCO4)c1. The largest absolute Gasteiger partial charge is 0.490 e. The van der Waals surface area contributed by atoms with Crippen LogP contribution >= 0.6 is 0 Å². The van der Waals surface area contributed by atoms with Crippen LogP contribution in [0.5, 0.6) is 11.5 Å². The van der Waals surface area contributed by atoms with Crippen LogP contribution in [0.2, 0.25) is 0 Å². The van der Waals surface area contributed by atoms with Crippen LogP contribution < -0.4 is 9.47 Å². The first-order chi connectivity index (χ1) is 12.0. The number of aryl methyl sites for hydroxylation is 1. The molecule has 0 spiro atoms. The van der Waals surface area contributed by atoms with Crippen molar-refractivity contribution in [3.8, 4) is 11.5 Å². The van der Waals surface area contributed by atoms with Gasteiger partial charge in [0.1, 0.15) is 0 Å². The van der Waals surface area contributed by atoms with Gasteiger partial charge < -0.3 is 9.47 Å². The van der Waals surface area contributed by atoms with Gasteiger partial charge in [-0.1, -0.05) is 12.1 Å². The summed E-state index contributed by atoms with van der Waals surface area (Å²) in [7, 11) is -3.49. The summed E-state index contributed by atoms with van der Waals surface area (Å²) in [5.74, 6) is 1.48. The molecule has 2 aromatic rings. The van der Waals surface area contributed by atoms with Crippen LogP contribution in [0.15, 0.2) is 41.3 Å². The molecular weight excluding hydrogens is 338 g/mol. The summed E-state index contributed by atoms with van der Waals surface area (Å²) in [6.07, 6.45) is 1.53. The molecule has 0 amide bonds. The van der Waals surface area contributed by atoms with E-state index in [9.17, 15) is 8.42 Å². The van der Waals surface area contributed by atoms with Crippen LogP contribution in [-0.2, 0) is 23.0 Å². The van der Waals surface area contributed by atoms with Crippen molar-refractivity contribution in [1.82, 2.24) is 4.31 Å². The maximum Gasteiger partial charge on any atom is 0.243 e. The Morgan fingerprint density at radius 1 is 1.00 bits per heavy atom. The van der Waals surface area contributed by atoms with Crippen LogP contribution in [0, 0.1) is 6.92 Å². The highest BCUT2D eigenvalue weighted by atomic mass is 32.2. The zero-order valence-electron chi connectivity index (χ0n) is 14.2. The van der Waals surface area contributed by atoms with Crippen molar-refractivity contribution in [1.29, 1.82) is 0 Å². The van der Waals surface area contributed by atoms with E-state index in [1.807, 2.05) is 25.1 Å². The van der Waals surface area contributed by atoms with Gasteiger partial charge in [-0.2, -0.15) is 4.31 Å². The normalized spacial score (nSPS) is 17.6. The lowest BCUT2D eigenvalue weighted by molar-refractivity contribution is 0.297. The van der Waals surface area contributed by atoms with E-state index in [2.05, 4.69) is 0 Å². The molecule has 0 N–H and O–H groups in total. The number of ether oxygens (including phenoxy) is 2. The van der Waals surface area contributed by atoms with Gasteiger partial charge in [0.2, 0.25) is 10.0 Å². The molecule has 132 valence electrons. The fourth-order valence-corrected chi connectivity index (χ4v) is 4.84. The number of nitrogens with zero attached hydrogens (tertiary/aromatic N) is 1. The van der Waals surface area contributed by atoms with Crippen molar-refractivity contribution in [3.05, 3.63) is 53.1 Å². The zero-order valence-corrected chi connectivity index (χ0v) is 15.0. The van der Waals surface area contributed by atoms with Crippen molar-refractivity contribution in [2.24, 2.45) is 0 Å². The Morgan fingerprint density at radius 2 is 1.72 bits per heavy atom. The summed E-state index contributed by atoms with van der Waals surface area (Å²) in [5.41, 5.74) is 3.07. The molecule has 5 nitrogen and oxygen atoms in total. The number of fused-ring (bicyclic) bond motifs is 2. The van der Waals surface area contributed by atoms with Crippen molar-refractivity contribution in [2.45, 2.75) is 31.2 Å². The van der Waals surface area contributed by atoms with E-state index in [0.717, 1.165) is 28.9 Å². The molecule has 0 fully saturated rings. The molecule has 0 radical (unpaired) electrons. The molecule has 6 heteroatoms. The Labute approximate surface area is 148 Å². The predicted octanol–water partition coefficient (Wildman–Crippen LogP) is 2.90. The minimum absolute atomic E-state index is 0.352. The molecule has 2 heterocycles. The molecule has 2 aliphatic heterocycles. The Bertz CT molecular complexity index is 908. The molecule has 2 aliphatic rings. The zero-order chi connectivity index (χ0) is 17.4. The van der Waals surface area contributed by atoms with E-state index < -0.39 is 10.0 Å². The molecule has 4 rings (SSSR count). The van der Waals surface area contributed by atoms with Gasteiger partial charge in [-0.05, 0) is 54.3 Å². The van der Waals surface area contributed by atoms with Crippen LogP contribution in [-0.4, -0.2) is 32.5 Å². The topological polar surface area (TPSA) is 55.8 Å². The highest BCUT2D eigenvalue weighted by Crippen LogP contribution is 2.36. The second kappa shape index (κ2) is 6.35. The summed E-state index contributed by atoms with van der Waals surface area (Å²) in [6.45, 7) is 4.01. The predicted molar refractivity (Wildman–Crippen MR) is 94.5 cm³/mol. The average Bonchev–Trinajstić information content (AvgIpc) is 2.84. The van der Waals surface area contributed by atoms with Crippen LogP contribution in [0.3, 0.4) is 0 Å². The Balaban J connectivity index is 1.65. The number of sulfonamides is 1. The first kappa shape index (κ1) is 16.4. The molecular formula is C19H21NO4S. The van der Waals surface area contributed by atoms with Gasteiger partial charge >= 0.3 is 0 Å². The lowest BCUT2D eigenvalue weighted by Crippen LogP contribution is -2.36. The standard InChI is InChI=1S/C19H21NO4S/c1-14-4-2-5-17(10-14)25(21,22)20-7-6-15-11-18-19(12-16(15)13-20)24-9-3-8-23-18/h2,4-5,10-12H,3,6-9,13H2,1H3. The lowest BCUT2D eigenvalue weighted by Gasteiger charge is -2.29. The van der Waals surface area contributed by atoms with Crippen molar-refractivity contribution in [2.75, 3.05) is 19.8 Å². The van der Waals surface area contributed by atoms with E-state index in [-0.39, 0.29) is 0 Å². The van der Waals surface area contributed by atoms with Crippen LogP contribution in [0.1, 0.15) is 23.1 Å². The van der Waals surface area contributed by atoms with Crippen molar-refractivity contribution < 1.29 is 17.9 Å². The number of hydrogen-bond acceptors (Lipinski definition) is 4. The molecule has 2 aromatic carbocycles. The first-order valence-electron chi connectivity index (χ1n) is 8.52. The third-order valence-corrected chi connectivity index (χ3v) is 6.52. The summed E-state index contributed by atoms with van der Waals surface area (Å²) in [5, 5.41) is 0. The Hall–Kier alpha value is -2.05. The lowest BCUT2D eigenvalue weighted by atomic mass is 10.0. The van der Waals surface area contributed by atoms with E-state index in [1.54, 1.807) is 22.5 Å². The van der Waals surface area contributed by atoms with Gasteiger partial charge in [-0.15, -0.1) is 0 Å². The summed E-state index contributed by atoms with van der Waals surface area (Å²) in [4.78, 5) is 0.352. The second-order valence-corrected chi connectivity index (χ2v) is 8.46. The highest BCUT2D eigenvalue weighted by Gasteiger charge is 2.29. The van der Waals surface area contributed by atoms with Gasteiger partial charge in [-0.3, -0.25) is 0 Å². The Kier molecular flexibility index (Phi) is 4.17. The molecule has 0 unspecified atom stereocenters. The van der Waals surface area contributed by atoms with E-state index >= 15 is 0 Å². The minimum atomic E-state index is -3.49. The van der Waals surface area contributed by atoms with Gasteiger partial charge in [0.15, 0.2) is 11.5 Å². The minimum Gasteiger partial charge on any atom is -0.490 e. The smallest absolute Gasteiger partial charge is 0.243 e. The molecule has 25 heavy (non-hydrogen) atoms. The van der Waals surface area contributed by atoms with Gasteiger partial charge in [0.25, 0.3) is 0 Å². The number of hydrogen-bond donors (Lipinski definition) is 0. The first-order valence-corrected chi connectivity index (χ1v) is 9.96. The quantitative estimate of drug-likeness (QED) is 0.827. The van der Waals surface area contributed by atoms with Crippen LogP contribution in [0.25, 0.3) is 0 Å². The third-order valence-electron chi connectivity index (χ3n) is 4.67. The summed E-state index contributed by atoms with van der Waals surface area (Å²) >= 11 is 0. The Morgan fingerprint density at radius 3 is 2.44 bits per heavy atom.